The molecule has 1 heterocycles. The van der Waals surface area contributed by atoms with Crippen molar-refractivity contribution in [2.45, 2.75) is 6.10 Å². The maximum atomic E-state index is 11.9. The van der Waals surface area contributed by atoms with E-state index < -0.39 is 17.9 Å². The number of hydrogen-bond donors (Lipinski definition) is 3. The SMILES string of the molecule is O=C(NC[C@H](O)c1ccccc1)C(=O)Nc1cccc2nonc12. The lowest BCUT2D eigenvalue weighted by Gasteiger charge is -2.12. The molecule has 1 aromatic heterocycles. The highest BCUT2D eigenvalue weighted by molar-refractivity contribution is 6.40. The zero-order chi connectivity index (χ0) is 16.9. The number of nitrogens with one attached hydrogen (secondary N) is 2. The third kappa shape index (κ3) is 3.39. The van der Waals surface area contributed by atoms with Gasteiger partial charge in [0.25, 0.3) is 0 Å². The van der Waals surface area contributed by atoms with E-state index in [9.17, 15) is 14.7 Å². The van der Waals surface area contributed by atoms with Crippen LogP contribution in [0.15, 0.2) is 53.2 Å². The van der Waals surface area contributed by atoms with Gasteiger partial charge in [0.2, 0.25) is 0 Å². The van der Waals surface area contributed by atoms with Crippen molar-refractivity contribution >= 4 is 28.5 Å². The first-order chi connectivity index (χ1) is 11.6. The van der Waals surface area contributed by atoms with Crippen LogP contribution in [0.3, 0.4) is 0 Å². The summed E-state index contributed by atoms with van der Waals surface area (Å²) in [5.74, 6) is -1.73. The third-order valence-corrected chi connectivity index (χ3v) is 3.38. The van der Waals surface area contributed by atoms with Crippen molar-refractivity contribution in [3.8, 4) is 0 Å². The fourth-order valence-electron chi connectivity index (χ4n) is 2.15. The van der Waals surface area contributed by atoms with Crippen molar-refractivity contribution in [3.63, 3.8) is 0 Å². The highest BCUT2D eigenvalue weighted by Gasteiger charge is 2.17. The van der Waals surface area contributed by atoms with Crippen LogP contribution in [0.5, 0.6) is 0 Å². The fraction of sp³-hybridized carbons (Fsp3) is 0.125. The summed E-state index contributed by atoms with van der Waals surface area (Å²) in [6.45, 7) is -0.0774. The van der Waals surface area contributed by atoms with Gasteiger partial charge in [-0.05, 0) is 28.0 Å². The molecule has 122 valence electrons. The molecule has 8 heteroatoms. The summed E-state index contributed by atoms with van der Waals surface area (Å²) in [5.41, 5.74) is 1.78. The van der Waals surface area contributed by atoms with Crippen LogP contribution in [0, 0.1) is 0 Å². The van der Waals surface area contributed by atoms with Gasteiger partial charge < -0.3 is 15.7 Å². The Morgan fingerprint density at radius 3 is 2.62 bits per heavy atom. The van der Waals surface area contributed by atoms with E-state index in [4.69, 9.17) is 0 Å². The van der Waals surface area contributed by atoms with Gasteiger partial charge in [-0.15, -0.1) is 0 Å². The number of hydrogen-bond acceptors (Lipinski definition) is 6. The molecule has 0 aliphatic rings. The average Bonchev–Trinajstić information content (AvgIpc) is 3.10. The van der Waals surface area contributed by atoms with Gasteiger partial charge in [-0.1, -0.05) is 36.4 Å². The standard InChI is InChI=1S/C16H14N4O4/c21-13(10-5-2-1-3-6-10)9-17-15(22)16(23)18-11-7-4-8-12-14(11)20-24-19-12/h1-8,13,21H,9H2,(H,17,22)(H,18,23)/t13-/m0/s1. The normalized spacial score (nSPS) is 11.9. The van der Waals surface area contributed by atoms with Gasteiger partial charge >= 0.3 is 11.8 Å². The van der Waals surface area contributed by atoms with Crippen LogP contribution in [0.25, 0.3) is 11.0 Å². The van der Waals surface area contributed by atoms with Gasteiger partial charge in [-0.25, -0.2) is 4.63 Å². The molecule has 3 aromatic rings. The molecule has 1 atom stereocenters. The smallest absolute Gasteiger partial charge is 0.313 e. The molecule has 0 fully saturated rings. The van der Waals surface area contributed by atoms with Crippen molar-refractivity contribution < 1.29 is 19.3 Å². The first-order valence-corrected chi connectivity index (χ1v) is 7.18. The number of amides is 2. The number of anilines is 1. The Morgan fingerprint density at radius 2 is 1.83 bits per heavy atom. The Bertz CT molecular complexity index is 863. The molecule has 0 saturated heterocycles. The lowest BCUT2D eigenvalue weighted by molar-refractivity contribution is -0.136. The van der Waals surface area contributed by atoms with E-state index in [-0.39, 0.29) is 6.54 Å². The second-order valence-electron chi connectivity index (χ2n) is 5.03. The van der Waals surface area contributed by atoms with Crippen LogP contribution >= 0.6 is 0 Å². The summed E-state index contributed by atoms with van der Waals surface area (Å²) in [6.07, 6.45) is -0.897. The molecule has 0 aliphatic carbocycles. The number of carbonyl (C=O) groups is 2. The number of nitrogens with zero attached hydrogens (tertiary/aromatic N) is 2. The van der Waals surface area contributed by atoms with E-state index in [0.717, 1.165) is 0 Å². The molecule has 0 radical (unpaired) electrons. The average molecular weight is 326 g/mol. The first-order valence-electron chi connectivity index (χ1n) is 7.18. The van der Waals surface area contributed by atoms with Crippen molar-refractivity contribution in [2.24, 2.45) is 0 Å². The topological polar surface area (TPSA) is 117 Å². The number of rotatable bonds is 4. The Labute approximate surface area is 136 Å². The van der Waals surface area contributed by atoms with Crippen LogP contribution in [-0.2, 0) is 9.59 Å². The molecule has 3 rings (SSSR count). The third-order valence-electron chi connectivity index (χ3n) is 3.38. The molecule has 8 nitrogen and oxygen atoms in total. The van der Waals surface area contributed by atoms with Crippen molar-refractivity contribution in [1.82, 2.24) is 15.6 Å². The molecule has 0 saturated carbocycles. The van der Waals surface area contributed by atoms with Gasteiger partial charge in [0.1, 0.15) is 5.52 Å². The predicted molar refractivity (Wildman–Crippen MR) is 84.8 cm³/mol. The van der Waals surface area contributed by atoms with Crippen LogP contribution in [0.1, 0.15) is 11.7 Å². The fourth-order valence-corrected chi connectivity index (χ4v) is 2.15. The van der Waals surface area contributed by atoms with Gasteiger partial charge in [-0.3, -0.25) is 9.59 Å². The second-order valence-corrected chi connectivity index (χ2v) is 5.03. The van der Waals surface area contributed by atoms with E-state index in [2.05, 4.69) is 25.6 Å². The Morgan fingerprint density at radius 1 is 1.04 bits per heavy atom. The van der Waals surface area contributed by atoms with Gasteiger partial charge in [0.05, 0.1) is 11.8 Å². The second kappa shape index (κ2) is 6.88. The van der Waals surface area contributed by atoms with Gasteiger partial charge in [0.15, 0.2) is 5.52 Å². The van der Waals surface area contributed by atoms with Crippen LogP contribution in [-0.4, -0.2) is 33.8 Å². The molecule has 2 amide bonds. The molecule has 24 heavy (non-hydrogen) atoms. The highest BCUT2D eigenvalue weighted by atomic mass is 16.6. The van der Waals surface area contributed by atoms with Crippen molar-refractivity contribution in [1.29, 1.82) is 0 Å². The van der Waals surface area contributed by atoms with E-state index in [1.807, 2.05) is 6.07 Å². The zero-order valence-electron chi connectivity index (χ0n) is 12.5. The molecule has 0 aliphatic heterocycles. The summed E-state index contributed by atoms with van der Waals surface area (Å²) < 4.78 is 4.59. The zero-order valence-corrected chi connectivity index (χ0v) is 12.5. The Hall–Kier alpha value is -3.26. The van der Waals surface area contributed by atoms with Crippen LogP contribution in [0.2, 0.25) is 0 Å². The minimum atomic E-state index is -0.897. The van der Waals surface area contributed by atoms with Crippen LogP contribution < -0.4 is 10.6 Å². The maximum Gasteiger partial charge on any atom is 0.313 e. The van der Waals surface area contributed by atoms with Gasteiger partial charge in [0, 0.05) is 6.54 Å². The summed E-state index contributed by atoms with van der Waals surface area (Å²) in [7, 11) is 0. The number of aliphatic hydroxyl groups is 1. The Kier molecular flexibility index (Phi) is 4.48. The molecule has 0 unspecified atom stereocenters. The number of carbonyl (C=O) groups excluding carboxylic acids is 2. The summed E-state index contributed by atoms with van der Waals surface area (Å²) in [5, 5.41) is 22.1. The molecule has 2 aromatic carbocycles. The number of fused-ring (bicyclic) bond motifs is 1. The number of benzene rings is 2. The van der Waals surface area contributed by atoms with Crippen molar-refractivity contribution in [3.05, 3.63) is 54.1 Å². The molecular formula is C16H14N4O4. The van der Waals surface area contributed by atoms with Crippen LogP contribution in [0.4, 0.5) is 5.69 Å². The largest absolute Gasteiger partial charge is 0.387 e. The lowest BCUT2D eigenvalue weighted by Crippen LogP contribution is -2.37. The van der Waals surface area contributed by atoms with E-state index in [1.54, 1.807) is 42.5 Å². The monoisotopic (exact) mass is 326 g/mol. The summed E-state index contributed by atoms with van der Waals surface area (Å²) >= 11 is 0. The Balaban J connectivity index is 1.59. The molecule has 0 spiro atoms. The minimum absolute atomic E-state index is 0.0774. The summed E-state index contributed by atoms with van der Waals surface area (Å²) in [6, 6.07) is 13.7. The minimum Gasteiger partial charge on any atom is -0.387 e. The molecule has 3 N–H and O–H groups in total. The lowest BCUT2D eigenvalue weighted by atomic mass is 10.1. The van der Waals surface area contributed by atoms with E-state index in [0.29, 0.717) is 22.3 Å². The van der Waals surface area contributed by atoms with Gasteiger partial charge in [-0.2, -0.15) is 0 Å². The first kappa shape index (κ1) is 15.6. The molecular weight excluding hydrogens is 312 g/mol. The highest BCUT2D eigenvalue weighted by Crippen LogP contribution is 2.19. The van der Waals surface area contributed by atoms with E-state index in [1.165, 1.54) is 0 Å². The quantitative estimate of drug-likeness (QED) is 0.616. The van der Waals surface area contributed by atoms with E-state index >= 15 is 0 Å². The number of aliphatic hydroxyl groups excluding tert-OH is 1. The number of aromatic nitrogens is 2. The predicted octanol–water partition coefficient (Wildman–Crippen LogP) is 1.01. The molecule has 0 bridgehead atoms. The maximum absolute atomic E-state index is 11.9. The van der Waals surface area contributed by atoms with Crippen molar-refractivity contribution in [2.75, 3.05) is 11.9 Å². The summed E-state index contributed by atoms with van der Waals surface area (Å²) in [4.78, 5) is 23.8.